The fraction of sp³-hybridized carbons (Fsp3) is 0.600. The fourth-order valence-electron chi connectivity index (χ4n) is 4.03. The predicted molar refractivity (Wildman–Crippen MR) is 190 cm³/mol. The number of hydrogen-bond donors (Lipinski definition) is 2. The minimum absolute atomic E-state index is 0.0215. The van der Waals surface area contributed by atoms with E-state index in [0.29, 0.717) is 11.8 Å². The summed E-state index contributed by atoms with van der Waals surface area (Å²) in [4.78, 5) is 29.1. The van der Waals surface area contributed by atoms with E-state index in [-0.39, 0.29) is 23.9 Å². The van der Waals surface area contributed by atoms with Gasteiger partial charge in [-0.2, -0.15) is 15.3 Å². The van der Waals surface area contributed by atoms with Crippen molar-refractivity contribution >= 4 is 24.2 Å². The molecule has 1 aliphatic rings. The van der Waals surface area contributed by atoms with Gasteiger partial charge < -0.3 is 16.1 Å². The van der Waals surface area contributed by atoms with Gasteiger partial charge in [0.05, 0.1) is 23.6 Å². The average molecular weight is 614 g/mol. The van der Waals surface area contributed by atoms with Gasteiger partial charge in [0, 0.05) is 24.4 Å². The monoisotopic (exact) mass is 614 g/mol. The zero-order chi connectivity index (χ0) is 34.7. The Balaban J connectivity index is -0.000000623. The van der Waals surface area contributed by atoms with Crippen LogP contribution in [0.4, 0.5) is 0 Å². The maximum absolute atomic E-state index is 12.4. The molecule has 1 saturated heterocycles. The van der Waals surface area contributed by atoms with Crippen molar-refractivity contribution in [2.45, 2.75) is 128 Å². The quantitative estimate of drug-likeness (QED) is 0.136. The lowest BCUT2D eigenvalue weighted by Gasteiger charge is -2.26. The summed E-state index contributed by atoms with van der Waals surface area (Å²) in [5.74, 6) is 5.45. The number of hydrogen-bond acceptors (Lipinski definition) is 7. The molecule has 250 valence electrons. The van der Waals surface area contributed by atoms with Gasteiger partial charge in [-0.3, -0.25) is 14.6 Å². The third kappa shape index (κ3) is 16.3. The van der Waals surface area contributed by atoms with E-state index in [2.05, 4.69) is 32.5 Å². The van der Waals surface area contributed by atoms with Gasteiger partial charge in [-0.15, -0.1) is 0 Å². The van der Waals surface area contributed by atoms with E-state index in [1.54, 1.807) is 19.3 Å². The Kier molecular flexibility index (Phi) is 28.7. The van der Waals surface area contributed by atoms with Crippen molar-refractivity contribution < 1.29 is 9.59 Å². The van der Waals surface area contributed by atoms with Crippen LogP contribution in [-0.2, 0) is 9.59 Å². The standard InChI is InChI=1S/C14H15N3O.C13H24N4O.4C2H6/c1-10(15-9-18)12-3-5-13(6-4-12)14-7-8-16-17-11(14)2;1-9(2)12(15-8-10(3)16-14)13(18)17-7-5-6-11(17)4;4*1-2/h3-10H,1-2H3,(H,15,18);8-9,11-12H,5-7,14H2,1-4H3;4*1-2H3/b;15-8?,16-10-;;;;. The summed E-state index contributed by atoms with van der Waals surface area (Å²) in [7, 11) is 0. The molecular weight excluding hydrogens is 550 g/mol. The molecule has 3 N–H and O–H groups in total. The number of amides is 2. The topological polar surface area (TPSA) is 126 Å². The molecule has 2 amide bonds. The summed E-state index contributed by atoms with van der Waals surface area (Å²) >= 11 is 0. The highest BCUT2D eigenvalue weighted by atomic mass is 16.2. The minimum Gasteiger partial charge on any atom is -0.352 e. The Morgan fingerprint density at radius 2 is 1.59 bits per heavy atom. The van der Waals surface area contributed by atoms with Gasteiger partial charge in [-0.05, 0) is 63.6 Å². The second-order valence-electron chi connectivity index (χ2n) is 9.42. The van der Waals surface area contributed by atoms with Crippen LogP contribution >= 0.6 is 0 Å². The van der Waals surface area contributed by atoms with Crippen LogP contribution in [-0.4, -0.2) is 58.0 Å². The van der Waals surface area contributed by atoms with Crippen LogP contribution < -0.4 is 11.2 Å². The lowest BCUT2D eigenvalue weighted by Crippen LogP contribution is -2.42. The molecule has 0 spiro atoms. The molecule has 9 nitrogen and oxygen atoms in total. The van der Waals surface area contributed by atoms with Crippen molar-refractivity contribution in [2.75, 3.05) is 6.54 Å². The highest BCUT2D eigenvalue weighted by Crippen LogP contribution is 2.23. The molecule has 1 fully saturated rings. The van der Waals surface area contributed by atoms with E-state index in [0.717, 1.165) is 48.2 Å². The highest BCUT2D eigenvalue weighted by Gasteiger charge is 2.31. The number of rotatable bonds is 8. The van der Waals surface area contributed by atoms with Crippen LogP contribution in [0.15, 0.2) is 46.6 Å². The first-order valence-corrected chi connectivity index (χ1v) is 16.4. The Morgan fingerprint density at radius 3 is 2.02 bits per heavy atom. The maximum atomic E-state index is 12.4. The van der Waals surface area contributed by atoms with E-state index in [9.17, 15) is 9.59 Å². The largest absolute Gasteiger partial charge is 0.352 e. The molecule has 3 atom stereocenters. The smallest absolute Gasteiger partial charge is 0.247 e. The average Bonchev–Trinajstić information content (AvgIpc) is 3.51. The van der Waals surface area contributed by atoms with Gasteiger partial charge in [0.25, 0.3) is 0 Å². The van der Waals surface area contributed by atoms with Crippen LogP contribution in [0.3, 0.4) is 0 Å². The number of nitrogens with two attached hydrogens (primary N) is 1. The Bertz CT molecular complexity index is 1050. The first-order chi connectivity index (χ1) is 21.2. The molecule has 44 heavy (non-hydrogen) atoms. The Labute approximate surface area is 269 Å². The predicted octanol–water partition coefficient (Wildman–Crippen LogP) is 7.79. The van der Waals surface area contributed by atoms with Crippen LogP contribution in [0.1, 0.15) is 120 Å². The summed E-state index contributed by atoms with van der Waals surface area (Å²) in [6.45, 7) is 28.6. The van der Waals surface area contributed by atoms with E-state index in [1.807, 2.05) is 118 Å². The number of aliphatic imine (C=N–C) groups is 1. The van der Waals surface area contributed by atoms with Crippen LogP contribution in [0.5, 0.6) is 0 Å². The molecule has 0 radical (unpaired) electrons. The summed E-state index contributed by atoms with van der Waals surface area (Å²) in [6.07, 6.45) is 6.17. The minimum atomic E-state index is -0.331. The number of aromatic nitrogens is 2. The Hall–Kier alpha value is -3.62. The molecule has 0 bridgehead atoms. The van der Waals surface area contributed by atoms with Crippen molar-refractivity contribution in [3.8, 4) is 11.1 Å². The van der Waals surface area contributed by atoms with Crippen LogP contribution in [0.25, 0.3) is 11.1 Å². The van der Waals surface area contributed by atoms with Crippen molar-refractivity contribution in [1.82, 2.24) is 20.4 Å². The van der Waals surface area contributed by atoms with Crippen molar-refractivity contribution in [3.63, 3.8) is 0 Å². The second-order valence-corrected chi connectivity index (χ2v) is 9.42. The number of nitrogens with zero attached hydrogens (tertiary/aromatic N) is 5. The summed E-state index contributed by atoms with van der Waals surface area (Å²) in [5.41, 5.74) is 4.79. The van der Waals surface area contributed by atoms with Gasteiger partial charge >= 0.3 is 0 Å². The lowest BCUT2D eigenvalue weighted by atomic mass is 10.0. The lowest BCUT2D eigenvalue weighted by molar-refractivity contribution is -0.134. The second kappa shape index (κ2) is 28.2. The number of hydrazone groups is 1. The van der Waals surface area contributed by atoms with E-state index >= 15 is 0 Å². The van der Waals surface area contributed by atoms with E-state index in [4.69, 9.17) is 5.84 Å². The van der Waals surface area contributed by atoms with E-state index in [1.165, 1.54) is 0 Å². The van der Waals surface area contributed by atoms with Crippen molar-refractivity contribution in [2.24, 2.45) is 21.9 Å². The Morgan fingerprint density at radius 1 is 1.02 bits per heavy atom. The molecule has 3 rings (SSSR count). The normalized spacial score (nSPS) is 14.8. The van der Waals surface area contributed by atoms with Crippen LogP contribution in [0, 0.1) is 12.8 Å². The number of carbonyl (C=O) groups excluding carboxylic acids is 2. The highest BCUT2D eigenvalue weighted by molar-refractivity contribution is 6.29. The van der Waals surface area contributed by atoms with Gasteiger partial charge in [0.15, 0.2) is 0 Å². The molecule has 2 aromatic rings. The number of benzene rings is 1. The van der Waals surface area contributed by atoms with Crippen molar-refractivity contribution in [1.29, 1.82) is 0 Å². The summed E-state index contributed by atoms with van der Waals surface area (Å²) < 4.78 is 0. The summed E-state index contributed by atoms with van der Waals surface area (Å²) in [5, 5.41) is 14.1. The molecule has 1 aromatic heterocycles. The molecule has 3 unspecified atom stereocenters. The van der Waals surface area contributed by atoms with Gasteiger partial charge in [-0.25, -0.2) is 0 Å². The fourth-order valence-corrected chi connectivity index (χ4v) is 4.03. The number of carbonyl (C=O) groups is 2. The number of likely N-dealkylation sites (tertiary alicyclic amines) is 1. The first kappa shape index (κ1) is 44.8. The zero-order valence-corrected chi connectivity index (χ0v) is 30.2. The van der Waals surface area contributed by atoms with Gasteiger partial charge in [0.2, 0.25) is 12.3 Å². The maximum Gasteiger partial charge on any atom is 0.247 e. The van der Waals surface area contributed by atoms with Gasteiger partial charge in [-0.1, -0.05) is 93.5 Å². The number of nitrogens with one attached hydrogen (secondary N) is 1. The molecule has 1 aliphatic heterocycles. The number of aryl methyl sites for hydroxylation is 1. The third-order valence-electron chi connectivity index (χ3n) is 6.29. The molecule has 9 heteroatoms. The SMILES string of the molecule is C/C(C=NC(C(=O)N1CCCC1C)C(C)C)=N/N.CC.CC.CC.CC.Cc1nnccc1-c1ccc(C(C)NC=O)cc1. The van der Waals surface area contributed by atoms with E-state index < -0.39 is 0 Å². The molecule has 0 saturated carbocycles. The van der Waals surface area contributed by atoms with Gasteiger partial charge in [0.1, 0.15) is 6.04 Å². The molecule has 2 heterocycles. The van der Waals surface area contributed by atoms with Crippen molar-refractivity contribution in [3.05, 3.63) is 47.8 Å². The van der Waals surface area contributed by atoms with Crippen LogP contribution in [0.2, 0.25) is 0 Å². The molecule has 0 aliphatic carbocycles. The molecule has 1 aromatic carbocycles. The molecular formula is C35H63N7O2. The first-order valence-electron chi connectivity index (χ1n) is 16.4. The third-order valence-corrected chi connectivity index (χ3v) is 6.29. The summed E-state index contributed by atoms with van der Waals surface area (Å²) in [6, 6.07) is 10.1. The zero-order valence-electron chi connectivity index (χ0n) is 30.2.